The Labute approximate surface area is 115 Å². The quantitative estimate of drug-likeness (QED) is 0.881. The van der Waals surface area contributed by atoms with Gasteiger partial charge in [0.2, 0.25) is 17.7 Å². The summed E-state index contributed by atoms with van der Waals surface area (Å²) in [5.74, 6) is 0.307. The van der Waals surface area contributed by atoms with Crippen molar-refractivity contribution in [3.05, 3.63) is 36.0 Å². The van der Waals surface area contributed by atoms with Crippen LogP contribution in [0.15, 0.2) is 28.8 Å². The minimum Gasteiger partial charge on any atom is -0.339 e. The molecule has 0 atom stereocenters. The molecule has 0 fully saturated rings. The van der Waals surface area contributed by atoms with Crippen molar-refractivity contribution in [3.63, 3.8) is 0 Å². The summed E-state index contributed by atoms with van der Waals surface area (Å²) >= 11 is 0. The molecular weight excluding hydrogens is 260 g/mol. The molecule has 2 rings (SSSR count). The average Bonchev–Trinajstić information content (AvgIpc) is 2.74. The van der Waals surface area contributed by atoms with E-state index in [1.165, 1.54) is 6.92 Å². The molecule has 7 heteroatoms. The van der Waals surface area contributed by atoms with Crippen molar-refractivity contribution in [1.82, 2.24) is 10.1 Å². The molecule has 0 aliphatic carbocycles. The second kappa shape index (κ2) is 5.96. The number of anilines is 2. The Kier molecular flexibility index (Phi) is 4.09. The van der Waals surface area contributed by atoms with E-state index in [1.54, 1.807) is 31.2 Å². The first-order chi connectivity index (χ1) is 9.52. The molecule has 1 aromatic heterocycles. The van der Waals surface area contributed by atoms with Gasteiger partial charge in [-0.15, -0.1) is 0 Å². The Bertz CT molecular complexity index is 636. The highest BCUT2D eigenvalue weighted by atomic mass is 16.5. The van der Waals surface area contributed by atoms with Crippen molar-refractivity contribution < 1.29 is 14.1 Å². The summed E-state index contributed by atoms with van der Waals surface area (Å²) in [6.45, 7) is 3.10. The zero-order valence-corrected chi connectivity index (χ0v) is 11.1. The third-order valence-electron chi connectivity index (χ3n) is 2.35. The van der Waals surface area contributed by atoms with Gasteiger partial charge in [-0.2, -0.15) is 4.98 Å². The fourth-order valence-electron chi connectivity index (χ4n) is 1.63. The number of carbonyl (C=O) groups excluding carboxylic acids is 2. The first kappa shape index (κ1) is 13.7. The van der Waals surface area contributed by atoms with Gasteiger partial charge >= 0.3 is 0 Å². The second-order valence-corrected chi connectivity index (χ2v) is 4.22. The Morgan fingerprint density at radius 1 is 1.25 bits per heavy atom. The van der Waals surface area contributed by atoms with Crippen LogP contribution in [0.5, 0.6) is 0 Å². The van der Waals surface area contributed by atoms with Crippen LogP contribution in [0.2, 0.25) is 0 Å². The SMILES string of the molecule is CC(=O)Nc1cccc(NC(=O)Cc2nc(C)no2)c1. The fraction of sp³-hybridized carbons (Fsp3) is 0.231. The molecule has 0 radical (unpaired) electrons. The van der Waals surface area contributed by atoms with Crippen molar-refractivity contribution >= 4 is 23.2 Å². The van der Waals surface area contributed by atoms with Gasteiger partial charge in [-0.25, -0.2) is 0 Å². The number of carbonyl (C=O) groups is 2. The highest BCUT2D eigenvalue weighted by Gasteiger charge is 2.10. The normalized spacial score (nSPS) is 10.1. The highest BCUT2D eigenvalue weighted by molar-refractivity contribution is 5.93. The molecule has 2 N–H and O–H groups in total. The molecular formula is C13H14N4O3. The molecule has 1 heterocycles. The molecule has 2 amide bonds. The van der Waals surface area contributed by atoms with E-state index in [-0.39, 0.29) is 24.1 Å². The monoisotopic (exact) mass is 274 g/mol. The van der Waals surface area contributed by atoms with Gasteiger partial charge in [-0.05, 0) is 25.1 Å². The summed E-state index contributed by atoms with van der Waals surface area (Å²) in [5.41, 5.74) is 1.20. The van der Waals surface area contributed by atoms with Crippen molar-refractivity contribution in [2.45, 2.75) is 20.3 Å². The van der Waals surface area contributed by atoms with E-state index in [0.29, 0.717) is 17.2 Å². The predicted octanol–water partition coefficient (Wildman–Crippen LogP) is 1.52. The number of nitrogens with one attached hydrogen (secondary N) is 2. The van der Waals surface area contributed by atoms with E-state index in [0.717, 1.165) is 0 Å². The van der Waals surface area contributed by atoms with E-state index in [2.05, 4.69) is 20.8 Å². The number of amides is 2. The molecule has 0 saturated carbocycles. The van der Waals surface area contributed by atoms with Gasteiger partial charge in [0.1, 0.15) is 6.42 Å². The van der Waals surface area contributed by atoms with Gasteiger partial charge in [-0.3, -0.25) is 9.59 Å². The Morgan fingerprint density at radius 3 is 2.55 bits per heavy atom. The molecule has 0 aliphatic heterocycles. The molecule has 0 bridgehead atoms. The number of benzene rings is 1. The second-order valence-electron chi connectivity index (χ2n) is 4.22. The molecule has 2 aromatic rings. The lowest BCUT2D eigenvalue weighted by atomic mass is 10.2. The topological polar surface area (TPSA) is 97.1 Å². The number of hydrogen-bond acceptors (Lipinski definition) is 5. The Morgan fingerprint density at radius 2 is 1.95 bits per heavy atom. The van der Waals surface area contributed by atoms with Crippen LogP contribution in [-0.2, 0) is 16.0 Å². The molecule has 7 nitrogen and oxygen atoms in total. The first-order valence-electron chi connectivity index (χ1n) is 5.99. The van der Waals surface area contributed by atoms with E-state index in [9.17, 15) is 9.59 Å². The minimum absolute atomic E-state index is 0.00516. The standard InChI is InChI=1S/C13H14N4O3/c1-8-14-13(20-17-8)7-12(19)16-11-5-3-4-10(6-11)15-9(2)18/h3-6H,7H2,1-2H3,(H,15,18)(H,16,19). The van der Waals surface area contributed by atoms with E-state index in [1.807, 2.05) is 0 Å². The summed E-state index contributed by atoms with van der Waals surface area (Å²) in [6, 6.07) is 6.86. The number of hydrogen-bond donors (Lipinski definition) is 2. The molecule has 1 aromatic carbocycles. The number of rotatable bonds is 4. The third-order valence-corrected chi connectivity index (χ3v) is 2.35. The van der Waals surface area contributed by atoms with Crippen molar-refractivity contribution in [2.75, 3.05) is 10.6 Å². The van der Waals surface area contributed by atoms with Gasteiger partial charge in [0.15, 0.2) is 5.82 Å². The third kappa shape index (κ3) is 3.91. The lowest BCUT2D eigenvalue weighted by molar-refractivity contribution is -0.116. The summed E-state index contributed by atoms with van der Waals surface area (Å²) in [6.07, 6.45) is 0.00516. The van der Waals surface area contributed by atoms with E-state index in [4.69, 9.17) is 4.52 Å². The van der Waals surface area contributed by atoms with Crippen LogP contribution in [0.4, 0.5) is 11.4 Å². The predicted molar refractivity (Wildman–Crippen MR) is 72.1 cm³/mol. The molecule has 20 heavy (non-hydrogen) atoms. The summed E-state index contributed by atoms with van der Waals surface area (Å²) in [5, 5.41) is 8.95. The van der Waals surface area contributed by atoms with Crippen LogP contribution in [0, 0.1) is 6.92 Å². The van der Waals surface area contributed by atoms with Gasteiger partial charge in [0.05, 0.1) is 0 Å². The maximum absolute atomic E-state index is 11.8. The lowest BCUT2D eigenvalue weighted by Gasteiger charge is -2.06. The van der Waals surface area contributed by atoms with Crippen LogP contribution in [0.1, 0.15) is 18.6 Å². The van der Waals surface area contributed by atoms with Gasteiger partial charge in [-0.1, -0.05) is 11.2 Å². The fourth-order valence-corrected chi connectivity index (χ4v) is 1.63. The van der Waals surface area contributed by atoms with Crippen LogP contribution < -0.4 is 10.6 Å². The Hall–Kier alpha value is -2.70. The van der Waals surface area contributed by atoms with Gasteiger partial charge < -0.3 is 15.2 Å². The molecule has 104 valence electrons. The Balaban J connectivity index is 1.98. The highest BCUT2D eigenvalue weighted by Crippen LogP contribution is 2.15. The van der Waals surface area contributed by atoms with E-state index >= 15 is 0 Å². The maximum Gasteiger partial charge on any atom is 0.236 e. The van der Waals surface area contributed by atoms with Crippen molar-refractivity contribution in [2.24, 2.45) is 0 Å². The number of aromatic nitrogens is 2. The number of nitrogens with zero attached hydrogens (tertiary/aromatic N) is 2. The molecule has 0 unspecified atom stereocenters. The average molecular weight is 274 g/mol. The smallest absolute Gasteiger partial charge is 0.236 e. The van der Waals surface area contributed by atoms with Crippen LogP contribution in [0.3, 0.4) is 0 Å². The number of aryl methyl sites for hydroxylation is 1. The van der Waals surface area contributed by atoms with Crippen LogP contribution >= 0.6 is 0 Å². The van der Waals surface area contributed by atoms with Gasteiger partial charge in [0, 0.05) is 18.3 Å². The maximum atomic E-state index is 11.8. The first-order valence-corrected chi connectivity index (χ1v) is 5.99. The van der Waals surface area contributed by atoms with Gasteiger partial charge in [0.25, 0.3) is 0 Å². The molecule has 0 spiro atoms. The van der Waals surface area contributed by atoms with Crippen molar-refractivity contribution in [3.8, 4) is 0 Å². The zero-order chi connectivity index (χ0) is 14.5. The van der Waals surface area contributed by atoms with Crippen LogP contribution in [-0.4, -0.2) is 22.0 Å². The van der Waals surface area contributed by atoms with Crippen LogP contribution in [0.25, 0.3) is 0 Å². The minimum atomic E-state index is -0.270. The summed E-state index contributed by atoms with van der Waals surface area (Å²) in [4.78, 5) is 26.7. The summed E-state index contributed by atoms with van der Waals surface area (Å²) in [7, 11) is 0. The zero-order valence-electron chi connectivity index (χ0n) is 11.1. The summed E-state index contributed by atoms with van der Waals surface area (Å²) < 4.78 is 4.87. The molecule has 0 aliphatic rings. The lowest BCUT2D eigenvalue weighted by Crippen LogP contribution is -2.15. The van der Waals surface area contributed by atoms with Crippen molar-refractivity contribution in [1.29, 1.82) is 0 Å². The largest absolute Gasteiger partial charge is 0.339 e. The van der Waals surface area contributed by atoms with E-state index < -0.39 is 0 Å². The molecule has 0 saturated heterocycles.